The third kappa shape index (κ3) is 2.81. The molecule has 5 nitrogen and oxygen atoms in total. The SMILES string of the molecule is CC(=O)Oc1cc2cc3ccccc3cc2c(N)c1OC(C)=O. The maximum atomic E-state index is 11.3. The van der Waals surface area contributed by atoms with E-state index in [0.717, 1.165) is 21.5 Å². The second-order valence-corrected chi connectivity index (χ2v) is 5.23. The van der Waals surface area contributed by atoms with Gasteiger partial charge in [-0.05, 0) is 34.4 Å². The standard InChI is InChI=1S/C18H15NO4/c1-10(20)22-16-9-14-7-12-5-3-4-6-13(12)8-15(14)17(19)18(16)23-11(2)21/h3-9H,19H2,1-2H3. The second kappa shape index (κ2) is 5.61. The zero-order valence-electron chi connectivity index (χ0n) is 12.8. The molecule has 0 bridgehead atoms. The number of carbonyl (C=O) groups excluding carboxylic acids is 2. The number of benzene rings is 3. The molecule has 5 heteroatoms. The van der Waals surface area contributed by atoms with E-state index in [-0.39, 0.29) is 17.2 Å². The van der Waals surface area contributed by atoms with Crippen molar-refractivity contribution >= 4 is 39.2 Å². The highest BCUT2D eigenvalue weighted by molar-refractivity contribution is 6.06. The first-order valence-electron chi connectivity index (χ1n) is 7.07. The van der Waals surface area contributed by atoms with Crippen molar-refractivity contribution in [2.45, 2.75) is 13.8 Å². The van der Waals surface area contributed by atoms with E-state index in [1.807, 2.05) is 36.4 Å². The summed E-state index contributed by atoms with van der Waals surface area (Å²) in [7, 11) is 0. The molecule has 0 unspecified atom stereocenters. The molecule has 3 rings (SSSR count). The summed E-state index contributed by atoms with van der Waals surface area (Å²) in [5.41, 5.74) is 6.43. The van der Waals surface area contributed by atoms with Gasteiger partial charge in [0.1, 0.15) is 0 Å². The van der Waals surface area contributed by atoms with Gasteiger partial charge in [-0.1, -0.05) is 24.3 Å². The van der Waals surface area contributed by atoms with Crippen LogP contribution in [0.25, 0.3) is 21.5 Å². The molecule has 0 atom stereocenters. The highest BCUT2D eigenvalue weighted by Gasteiger charge is 2.17. The molecule has 0 saturated carbocycles. The van der Waals surface area contributed by atoms with E-state index in [9.17, 15) is 9.59 Å². The van der Waals surface area contributed by atoms with Gasteiger partial charge in [0.25, 0.3) is 0 Å². The smallest absolute Gasteiger partial charge is 0.308 e. The third-order valence-electron chi connectivity index (χ3n) is 3.46. The number of esters is 2. The minimum Gasteiger partial charge on any atom is -0.423 e. The Labute approximate surface area is 132 Å². The van der Waals surface area contributed by atoms with Crippen molar-refractivity contribution in [1.29, 1.82) is 0 Å². The largest absolute Gasteiger partial charge is 0.423 e. The molecule has 0 heterocycles. The second-order valence-electron chi connectivity index (χ2n) is 5.23. The van der Waals surface area contributed by atoms with Crippen molar-refractivity contribution in [1.82, 2.24) is 0 Å². The fraction of sp³-hybridized carbons (Fsp3) is 0.111. The summed E-state index contributed by atoms with van der Waals surface area (Å²) in [6.07, 6.45) is 0. The molecule has 0 radical (unpaired) electrons. The fourth-order valence-electron chi connectivity index (χ4n) is 2.55. The van der Waals surface area contributed by atoms with Crippen molar-refractivity contribution in [3.8, 4) is 11.5 Å². The van der Waals surface area contributed by atoms with Gasteiger partial charge in [-0.25, -0.2) is 0 Å². The van der Waals surface area contributed by atoms with Gasteiger partial charge >= 0.3 is 11.9 Å². The molecule has 0 saturated heterocycles. The third-order valence-corrected chi connectivity index (χ3v) is 3.46. The average Bonchev–Trinajstić information content (AvgIpc) is 2.49. The van der Waals surface area contributed by atoms with Gasteiger partial charge in [0, 0.05) is 19.2 Å². The van der Waals surface area contributed by atoms with E-state index in [1.165, 1.54) is 13.8 Å². The molecule has 23 heavy (non-hydrogen) atoms. The highest BCUT2D eigenvalue weighted by atomic mass is 16.6. The van der Waals surface area contributed by atoms with Gasteiger partial charge < -0.3 is 15.2 Å². The molecule has 0 aliphatic heterocycles. The number of hydrogen-bond donors (Lipinski definition) is 1. The monoisotopic (exact) mass is 309 g/mol. The first-order chi connectivity index (χ1) is 11.0. The molecule has 0 fully saturated rings. The Balaban J connectivity index is 2.33. The van der Waals surface area contributed by atoms with Crippen LogP contribution in [0.2, 0.25) is 0 Å². The number of ether oxygens (including phenoxy) is 2. The molecule has 2 N–H and O–H groups in total. The van der Waals surface area contributed by atoms with Crippen molar-refractivity contribution in [3.63, 3.8) is 0 Å². The predicted octanol–water partition coefficient (Wildman–Crippen LogP) is 3.43. The van der Waals surface area contributed by atoms with E-state index in [1.54, 1.807) is 6.07 Å². The van der Waals surface area contributed by atoms with Crippen LogP contribution in [-0.2, 0) is 9.59 Å². The van der Waals surface area contributed by atoms with Crippen LogP contribution in [-0.4, -0.2) is 11.9 Å². The zero-order valence-corrected chi connectivity index (χ0v) is 12.8. The van der Waals surface area contributed by atoms with E-state index < -0.39 is 11.9 Å². The lowest BCUT2D eigenvalue weighted by molar-refractivity contribution is -0.134. The molecular weight excluding hydrogens is 294 g/mol. The number of nitrogens with two attached hydrogens (primary N) is 1. The minimum absolute atomic E-state index is 0.0653. The number of anilines is 1. The van der Waals surface area contributed by atoms with Crippen LogP contribution in [0.15, 0.2) is 42.5 Å². The van der Waals surface area contributed by atoms with Crippen LogP contribution in [0.4, 0.5) is 5.69 Å². The van der Waals surface area contributed by atoms with Gasteiger partial charge in [0.2, 0.25) is 0 Å². The Morgan fingerprint density at radius 1 is 0.870 bits per heavy atom. The Kier molecular flexibility index (Phi) is 3.62. The molecule has 0 aliphatic rings. The Hall–Kier alpha value is -3.08. The summed E-state index contributed by atoms with van der Waals surface area (Å²) in [5, 5.41) is 3.58. The molecule has 3 aromatic rings. The van der Waals surface area contributed by atoms with E-state index in [0.29, 0.717) is 0 Å². The summed E-state index contributed by atoms with van der Waals surface area (Å²) in [6, 6.07) is 13.4. The maximum Gasteiger partial charge on any atom is 0.308 e. The molecule has 116 valence electrons. The molecule has 0 spiro atoms. The Morgan fingerprint density at radius 2 is 1.48 bits per heavy atom. The normalized spacial score (nSPS) is 10.7. The molecule has 3 aromatic carbocycles. The van der Waals surface area contributed by atoms with Crippen molar-refractivity contribution in [3.05, 3.63) is 42.5 Å². The quantitative estimate of drug-likeness (QED) is 0.339. The van der Waals surface area contributed by atoms with Crippen molar-refractivity contribution in [2.75, 3.05) is 5.73 Å². The van der Waals surface area contributed by atoms with Crippen LogP contribution >= 0.6 is 0 Å². The number of hydrogen-bond acceptors (Lipinski definition) is 5. The Bertz CT molecular complexity index is 947. The lowest BCUT2D eigenvalue weighted by Gasteiger charge is -2.14. The van der Waals surface area contributed by atoms with Crippen LogP contribution < -0.4 is 15.2 Å². The summed E-state index contributed by atoms with van der Waals surface area (Å²) in [4.78, 5) is 22.6. The topological polar surface area (TPSA) is 78.6 Å². The van der Waals surface area contributed by atoms with Crippen molar-refractivity contribution in [2.24, 2.45) is 0 Å². The molecule has 0 aliphatic carbocycles. The number of carbonyl (C=O) groups is 2. The van der Waals surface area contributed by atoms with Gasteiger partial charge in [0.15, 0.2) is 11.5 Å². The minimum atomic E-state index is -0.537. The van der Waals surface area contributed by atoms with Crippen LogP contribution in [0.3, 0.4) is 0 Å². The highest BCUT2D eigenvalue weighted by Crippen LogP contribution is 2.41. The summed E-state index contributed by atoms with van der Waals surface area (Å²) >= 11 is 0. The molecule has 0 aromatic heterocycles. The first-order valence-corrected chi connectivity index (χ1v) is 7.07. The van der Waals surface area contributed by atoms with E-state index in [2.05, 4.69) is 0 Å². The van der Waals surface area contributed by atoms with Crippen LogP contribution in [0.1, 0.15) is 13.8 Å². The molecular formula is C18H15NO4. The van der Waals surface area contributed by atoms with Gasteiger partial charge in [-0.15, -0.1) is 0 Å². The van der Waals surface area contributed by atoms with Gasteiger partial charge in [-0.2, -0.15) is 0 Å². The summed E-state index contributed by atoms with van der Waals surface area (Å²) in [6.45, 7) is 2.54. The summed E-state index contributed by atoms with van der Waals surface area (Å²) < 4.78 is 10.3. The lowest BCUT2D eigenvalue weighted by atomic mass is 10.0. The zero-order chi connectivity index (χ0) is 16.6. The van der Waals surface area contributed by atoms with E-state index >= 15 is 0 Å². The van der Waals surface area contributed by atoms with Crippen LogP contribution in [0.5, 0.6) is 11.5 Å². The van der Waals surface area contributed by atoms with E-state index in [4.69, 9.17) is 15.2 Å². The van der Waals surface area contributed by atoms with Crippen LogP contribution in [0, 0.1) is 0 Å². The van der Waals surface area contributed by atoms with Gasteiger partial charge in [0.05, 0.1) is 5.69 Å². The first kappa shape index (κ1) is 14.8. The number of rotatable bonds is 2. The van der Waals surface area contributed by atoms with Gasteiger partial charge in [-0.3, -0.25) is 9.59 Å². The summed E-state index contributed by atoms with van der Waals surface area (Å²) in [5.74, 6) is -0.855. The maximum absolute atomic E-state index is 11.3. The predicted molar refractivity (Wildman–Crippen MR) is 88.5 cm³/mol. The lowest BCUT2D eigenvalue weighted by Crippen LogP contribution is -2.09. The van der Waals surface area contributed by atoms with Crippen molar-refractivity contribution < 1.29 is 19.1 Å². The fourth-order valence-corrected chi connectivity index (χ4v) is 2.55. The number of fused-ring (bicyclic) bond motifs is 2. The number of nitrogen functional groups attached to an aromatic ring is 1. The Morgan fingerprint density at radius 3 is 2.09 bits per heavy atom. The average molecular weight is 309 g/mol. The molecule has 0 amide bonds.